The summed E-state index contributed by atoms with van der Waals surface area (Å²) in [5.41, 5.74) is 0.616. The van der Waals surface area contributed by atoms with Crippen LogP contribution in [-0.4, -0.2) is 80.2 Å². The van der Waals surface area contributed by atoms with Crippen LogP contribution in [0, 0.1) is 0 Å². The van der Waals surface area contributed by atoms with E-state index in [1.54, 1.807) is 4.90 Å². The van der Waals surface area contributed by atoms with Crippen molar-refractivity contribution < 1.29 is 19.1 Å². The molecule has 166 valence electrons. The molecule has 2 heterocycles. The Morgan fingerprint density at radius 1 is 1.23 bits per heavy atom. The molecule has 0 bridgehead atoms. The van der Waals surface area contributed by atoms with Crippen LogP contribution in [0.1, 0.15) is 49.4 Å². The van der Waals surface area contributed by atoms with Crippen molar-refractivity contribution in [1.82, 2.24) is 15.1 Å². The van der Waals surface area contributed by atoms with Crippen molar-refractivity contribution in [2.45, 2.75) is 45.1 Å². The molecule has 30 heavy (non-hydrogen) atoms. The van der Waals surface area contributed by atoms with Crippen LogP contribution >= 0.6 is 0 Å². The van der Waals surface area contributed by atoms with Crippen molar-refractivity contribution in [2.75, 3.05) is 52.5 Å². The van der Waals surface area contributed by atoms with E-state index in [0.717, 1.165) is 64.2 Å². The molecule has 2 amide bonds. The summed E-state index contributed by atoms with van der Waals surface area (Å²) >= 11 is 0. The molecular formula is C23H35N3O4. The minimum Gasteiger partial charge on any atom is -0.494 e. The third-order valence-corrected chi connectivity index (χ3v) is 5.67. The Hall–Kier alpha value is -2.12. The second-order valence-corrected chi connectivity index (χ2v) is 7.99. The summed E-state index contributed by atoms with van der Waals surface area (Å²) in [6.07, 6.45) is 4.48. The van der Waals surface area contributed by atoms with E-state index in [1.807, 2.05) is 29.2 Å². The predicted octanol–water partition coefficient (Wildman–Crippen LogP) is 2.31. The number of unbranched alkanes of at least 4 members (excludes halogenated alkanes) is 1. The highest BCUT2D eigenvalue weighted by molar-refractivity contribution is 5.94. The van der Waals surface area contributed by atoms with Gasteiger partial charge in [0.1, 0.15) is 5.75 Å². The van der Waals surface area contributed by atoms with Crippen molar-refractivity contribution in [2.24, 2.45) is 0 Å². The molecule has 7 nitrogen and oxygen atoms in total. The van der Waals surface area contributed by atoms with Gasteiger partial charge in [-0.3, -0.25) is 9.59 Å². The largest absolute Gasteiger partial charge is 0.494 e. The van der Waals surface area contributed by atoms with Crippen molar-refractivity contribution >= 4 is 11.8 Å². The van der Waals surface area contributed by atoms with Gasteiger partial charge in [-0.15, -0.1) is 0 Å². The Labute approximate surface area is 179 Å². The molecule has 1 N–H and O–H groups in total. The molecule has 1 aromatic rings. The fraction of sp³-hybridized carbons (Fsp3) is 0.652. The fourth-order valence-corrected chi connectivity index (χ4v) is 3.82. The minimum atomic E-state index is -0.0567. The molecule has 0 aromatic heterocycles. The van der Waals surface area contributed by atoms with Gasteiger partial charge in [-0.1, -0.05) is 13.3 Å². The lowest BCUT2D eigenvalue weighted by atomic mass is 10.1. The van der Waals surface area contributed by atoms with Gasteiger partial charge in [0, 0.05) is 57.9 Å². The van der Waals surface area contributed by atoms with E-state index in [2.05, 4.69) is 12.2 Å². The normalized spacial score (nSPS) is 19.0. The van der Waals surface area contributed by atoms with Gasteiger partial charge in [-0.05, 0) is 43.5 Å². The summed E-state index contributed by atoms with van der Waals surface area (Å²) in [7, 11) is 0. The summed E-state index contributed by atoms with van der Waals surface area (Å²) in [5, 5.41) is 3.26. The molecule has 7 heteroatoms. The van der Waals surface area contributed by atoms with E-state index >= 15 is 0 Å². The first kappa shape index (κ1) is 22.6. The number of piperazine rings is 1. The van der Waals surface area contributed by atoms with Crippen LogP contribution in [-0.2, 0) is 9.53 Å². The lowest BCUT2D eigenvalue weighted by Gasteiger charge is -2.30. The average Bonchev–Trinajstić information content (AvgIpc) is 3.30. The Balaban J connectivity index is 1.60. The summed E-state index contributed by atoms with van der Waals surface area (Å²) in [6.45, 7) is 7.63. The molecule has 2 saturated heterocycles. The molecule has 2 aliphatic heterocycles. The third kappa shape index (κ3) is 6.71. The Morgan fingerprint density at radius 3 is 2.67 bits per heavy atom. The lowest BCUT2D eigenvalue weighted by molar-refractivity contribution is -0.132. The molecule has 1 aromatic carbocycles. The monoisotopic (exact) mass is 417 g/mol. The molecule has 0 spiro atoms. The number of carbonyl (C=O) groups is 2. The number of amides is 2. The van der Waals surface area contributed by atoms with E-state index in [4.69, 9.17) is 9.47 Å². The zero-order valence-corrected chi connectivity index (χ0v) is 18.1. The van der Waals surface area contributed by atoms with Crippen molar-refractivity contribution in [3.63, 3.8) is 0 Å². The highest BCUT2D eigenvalue weighted by Gasteiger charge is 2.25. The van der Waals surface area contributed by atoms with Crippen LogP contribution in [0.5, 0.6) is 5.75 Å². The Bertz CT molecular complexity index is 668. The van der Waals surface area contributed by atoms with Gasteiger partial charge >= 0.3 is 0 Å². The number of ether oxygens (including phenoxy) is 2. The second kappa shape index (κ2) is 11.9. The Morgan fingerprint density at radius 2 is 2.00 bits per heavy atom. The molecule has 1 atom stereocenters. The molecule has 0 radical (unpaired) electrons. The standard InChI is InChI=1S/C23H35N3O4/c1-2-3-16-29-20-8-6-19(7-9-20)23(28)26(18-21-5-4-17-30-21)13-10-22(27)25-14-11-24-12-15-25/h6-9,21,24H,2-5,10-18H2,1H3. The van der Waals surface area contributed by atoms with Crippen LogP contribution in [0.3, 0.4) is 0 Å². The van der Waals surface area contributed by atoms with E-state index in [9.17, 15) is 9.59 Å². The number of carbonyl (C=O) groups excluding carboxylic acids is 2. The quantitative estimate of drug-likeness (QED) is 0.592. The highest BCUT2D eigenvalue weighted by Crippen LogP contribution is 2.18. The van der Waals surface area contributed by atoms with Crippen molar-refractivity contribution in [1.29, 1.82) is 0 Å². The topological polar surface area (TPSA) is 71.1 Å². The fourth-order valence-electron chi connectivity index (χ4n) is 3.82. The third-order valence-electron chi connectivity index (χ3n) is 5.67. The van der Waals surface area contributed by atoms with E-state index in [0.29, 0.717) is 31.7 Å². The van der Waals surface area contributed by atoms with E-state index in [1.165, 1.54) is 0 Å². The zero-order valence-electron chi connectivity index (χ0n) is 18.1. The van der Waals surface area contributed by atoms with Crippen LogP contribution in [0.2, 0.25) is 0 Å². The Kier molecular flexibility index (Phi) is 8.96. The highest BCUT2D eigenvalue weighted by atomic mass is 16.5. The maximum absolute atomic E-state index is 13.2. The van der Waals surface area contributed by atoms with Crippen LogP contribution in [0.4, 0.5) is 0 Å². The number of benzene rings is 1. The van der Waals surface area contributed by atoms with Crippen molar-refractivity contribution in [3.05, 3.63) is 29.8 Å². The number of nitrogens with zero attached hydrogens (tertiary/aromatic N) is 2. The summed E-state index contributed by atoms with van der Waals surface area (Å²) in [4.78, 5) is 29.4. The molecule has 2 fully saturated rings. The van der Waals surface area contributed by atoms with Crippen LogP contribution in [0.15, 0.2) is 24.3 Å². The maximum atomic E-state index is 13.2. The average molecular weight is 418 g/mol. The minimum absolute atomic E-state index is 0.0555. The van der Waals surface area contributed by atoms with Gasteiger partial charge in [-0.25, -0.2) is 0 Å². The zero-order chi connectivity index (χ0) is 21.2. The first-order valence-electron chi connectivity index (χ1n) is 11.3. The number of hydrogen-bond donors (Lipinski definition) is 1. The SMILES string of the molecule is CCCCOc1ccc(C(=O)N(CCC(=O)N2CCNCC2)CC2CCCO2)cc1. The summed E-state index contributed by atoms with van der Waals surface area (Å²) in [6, 6.07) is 7.31. The summed E-state index contributed by atoms with van der Waals surface area (Å²) in [5.74, 6) is 0.833. The molecule has 3 rings (SSSR count). The number of nitrogens with one attached hydrogen (secondary N) is 1. The van der Waals surface area contributed by atoms with Crippen molar-refractivity contribution in [3.8, 4) is 5.75 Å². The number of hydrogen-bond acceptors (Lipinski definition) is 5. The van der Waals surface area contributed by atoms with Gasteiger partial charge in [-0.2, -0.15) is 0 Å². The van der Waals surface area contributed by atoms with Gasteiger partial charge < -0.3 is 24.6 Å². The first-order chi connectivity index (χ1) is 14.7. The van der Waals surface area contributed by atoms with Crippen LogP contribution < -0.4 is 10.1 Å². The van der Waals surface area contributed by atoms with Gasteiger partial charge in [0.25, 0.3) is 5.91 Å². The van der Waals surface area contributed by atoms with Gasteiger partial charge in [0.15, 0.2) is 0 Å². The summed E-state index contributed by atoms with van der Waals surface area (Å²) < 4.78 is 11.4. The smallest absolute Gasteiger partial charge is 0.253 e. The van der Waals surface area contributed by atoms with Gasteiger partial charge in [0.2, 0.25) is 5.91 Å². The van der Waals surface area contributed by atoms with Gasteiger partial charge in [0.05, 0.1) is 12.7 Å². The molecule has 0 saturated carbocycles. The van der Waals surface area contributed by atoms with E-state index < -0.39 is 0 Å². The number of rotatable bonds is 10. The molecule has 0 aliphatic carbocycles. The van der Waals surface area contributed by atoms with Crippen LogP contribution in [0.25, 0.3) is 0 Å². The molecular weight excluding hydrogens is 382 g/mol. The van der Waals surface area contributed by atoms with E-state index in [-0.39, 0.29) is 17.9 Å². The maximum Gasteiger partial charge on any atom is 0.253 e. The lowest BCUT2D eigenvalue weighted by Crippen LogP contribution is -2.47. The predicted molar refractivity (Wildman–Crippen MR) is 116 cm³/mol. The first-order valence-corrected chi connectivity index (χ1v) is 11.3. The molecule has 1 unspecified atom stereocenters. The molecule has 2 aliphatic rings. The second-order valence-electron chi connectivity index (χ2n) is 7.99.